The number of rotatable bonds is 5. The highest BCUT2D eigenvalue weighted by molar-refractivity contribution is 5.93. The number of fused-ring (bicyclic) bond motifs is 1. The Labute approximate surface area is 116 Å². The molecule has 0 saturated carbocycles. The second-order valence-electron chi connectivity index (χ2n) is 5.06. The van der Waals surface area contributed by atoms with E-state index in [1.807, 2.05) is 30.3 Å². The summed E-state index contributed by atoms with van der Waals surface area (Å²) < 4.78 is 0. The predicted octanol–water partition coefficient (Wildman–Crippen LogP) is 3.05. The van der Waals surface area contributed by atoms with Gasteiger partial charge in [-0.1, -0.05) is 42.5 Å². The Balaban J connectivity index is 2.57. The quantitative estimate of drug-likeness (QED) is 0.877. The Morgan fingerprint density at radius 3 is 2.35 bits per heavy atom. The molecule has 0 aliphatic heterocycles. The van der Waals surface area contributed by atoms with E-state index in [0.29, 0.717) is 5.56 Å². The molecule has 2 aromatic carbocycles. The van der Waals surface area contributed by atoms with Gasteiger partial charge in [0, 0.05) is 6.42 Å². The first-order chi connectivity index (χ1) is 9.45. The Morgan fingerprint density at radius 2 is 1.70 bits per heavy atom. The van der Waals surface area contributed by atoms with Crippen molar-refractivity contribution in [3.05, 3.63) is 48.0 Å². The summed E-state index contributed by atoms with van der Waals surface area (Å²) in [6, 6.07) is 13.0. The molecular formula is C16H16O4. The number of benzene rings is 2. The van der Waals surface area contributed by atoms with Gasteiger partial charge in [-0.05, 0) is 29.7 Å². The van der Waals surface area contributed by atoms with Crippen LogP contribution in [-0.2, 0) is 15.0 Å². The van der Waals surface area contributed by atoms with Gasteiger partial charge in [-0.3, -0.25) is 9.59 Å². The summed E-state index contributed by atoms with van der Waals surface area (Å²) in [5, 5.41) is 20.2. The summed E-state index contributed by atoms with van der Waals surface area (Å²) in [5.74, 6) is -1.99. The average molecular weight is 272 g/mol. The van der Waals surface area contributed by atoms with Gasteiger partial charge < -0.3 is 10.2 Å². The molecule has 2 rings (SSSR count). The first-order valence-corrected chi connectivity index (χ1v) is 6.38. The maximum Gasteiger partial charge on any atom is 0.313 e. The van der Waals surface area contributed by atoms with Crippen LogP contribution in [0.25, 0.3) is 10.8 Å². The fourth-order valence-electron chi connectivity index (χ4n) is 2.42. The van der Waals surface area contributed by atoms with Crippen molar-refractivity contribution in [1.82, 2.24) is 0 Å². The highest BCUT2D eigenvalue weighted by Gasteiger charge is 2.36. The lowest BCUT2D eigenvalue weighted by molar-refractivity contribution is -0.144. The van der Waals surface area contributed by atoms with Gasteiger partial charge in [0.15, 0.2) is 0 Å². The molecule has 0 aliphatic rings. The molecule has 2 N–H and O–H groups in total. The molecule has 1 atom stereocenters. The molecule has 104 valence electrons. The van der Waals surface area contributed by atoms with Gasteiger partial charge in [-0.25, -0.2) is 0 Å². The van der Waals surface area contributed by atoms with Gasteiger partial charge in [0.25, 0.3) is 0 Å². The van der Waals surface area contributed by atoms with Crippen molar-refractivity contribution in [2.75, 3.05) is 0 Å². The molecule has 0 amide bonds. The Hall–Kier alpha value is -2.36. The van der Waals surface area contributed by atoms with Crippen LogP contribution in [0.2, 0.25) is 0 Å². The van der Waals surface area contributed by atoms with Crippen LogP contribution in [0.15, 0.2) is 42.5 Å². The maximum atomic E-state index is 11.7. The standard InChI is InChI=1S/C16H16O4/c1-16(15(19)20,10-9-14(17)18)13-8-4-6-11-5-2-3-7-12(11)13/h2-8H,9-10H2,1H3,(H,17,18)(H,19,20). The van der Waals surface area contributed by atoms with E-state index in [1.54, 1.807) is 19.1 Å². The van der Waals surface area contributed by atoms with E-state index in [-0.39, 0.29) is 12.8 Å². The molecule has 1 unspecified atom stereocenters. The molecule has 0 aliphatic carbocycles. The van der Waals surface area contributed by atoms with E-state index >= 15 is 0 Å². The third-order valence-corrected chi connectivity index (χ3v) is 3.69. The second kappa shape index (κ2) is 5.33. The minimum absolute atomic E-state index is 0.0612. The van der Waals surface area contributed by atoms with Crippen LogP contribution >= 0.6 is 0 Å². The van der Waals surface area contributed by atoms with Crippen molar-refractivity contribution in [1.29, 1.82) is 0 Å². The summed E-state index contributed by atoms with van der Waals surface area (Å²) >= 11 is 0. The summed E-state index contributed by atoms with van der Waals surface area (Å²) in [6.07, 6.45) is -0.113. The number of hydrogen-bond donors (Lipinski definition) is 2. The normalized spacial score (nSPS) is 13.8. The first kappa shape index (κ1) is 14.1. The van der Waals surface area contributed by atoms with E-state index in [0.717, 1.165) is 10.8 Å². The van der Waals surface area contributed by atoms with E-state index < -0.39 is 17.4 Å². The summed E-state index contributed by atoms with van der Waals surface area (Å²) in [6.45, 7) is 1.58. The summed E-state index contributed by atoms with van der Waals surface area (Å²) in [7, 11) is 0. The Kier molecular flexibility index (Phi) is 3.74. The lowest BCUT2D eigenvalue weighted by atomic mass is 9.76. The molecule has 0 bridgehead atoms. The highest BCUT2D eigenvalue weighted by atomic mass is 16.4. The molecule has 0 spiro atoms. The highest BCUT2D eigenvalue weighted by Crippen LogP contribution is 2.34. The van der Waals surface area contributed by atoms with Crippen LogP contribution in [0, 0.1) is 0 Å². The van der Waals surface area contributed by atoms with Gasteiger partial charge in [0.2, 0.25) is 0 Å². The van der Waals surface area contributed by atoms with Crippen LogP contribution in [0.3, 0.4) is 0 Å². The largest absolute Gasteiger partial charge is 0.481 e. The molecule has 0 saturated heterocycles. The zero-order valence-electron chi connectivity index (χ0n) is 11.2. The van der Waals surface area contributed by atoms with Crippen LogP contribution in [0.4, 0.5) is 0 Å². The summed E-state index contributed by atoms with van der Waals surface area (Å²) in [4.78, 5) is 22.5. The third kappa shape index (κ3) is 2.50. The van der Waals surface area contributed by atoms with Gasteiger partial charge in [-0.2, -0.15) is 0 Å². The van der Waals surface area contributed by atoms with Crippen molar-refractivity contribution >= 4 is 22.7 Å². The van der Waals surface area contributed by atoms with E-state index in [2.05, 4.69) is 0 Å². The molecule has 0 aromatic heterocycles. The van der Waals surface area contributed by atoms with Crippen molar-refractivity contribution in [3.8, 4) is 0 Å². The predicted molar refractivity (Wildman–Crippen MR) is 75.8 cm³/mol. The fourth-order valence-corrected chi connectivity index (χ4v) is 2.42. The van der Waals surface area contributed by atoms with Crippen LogP contribution in [-0.4, -0.2) is 22.2 Å². The molecule has 0 radical (unpaired) electrons. The fraction of sp³-hybridized carbons (Fsp3) is 0.250. The molecular weight excluding hydrogens is 256 g/mol. The van der Waals surface area contributed by atoms with E-state index in [1.165, 1.54) is 0 Å². The van der Waals surface area contributed by atoms with Crippen molar-refractivity contribution in [2.24, 2.45) is 0 Å². The molecule has 4 heteroatoms. The van der Waals surface area contributed by atoms with Crippen molar-refractivity contribution in [3.63, 3.8) is 0 Å². The minimum Gasteiger partial charge on any atom is -0.481 e. The van der Waals surface area contributed by atoms with Crippen LogP contribution < -0.4 is 0 Å². The molecule has 4 nitrogen and oxygen atoms in total. The van der Waals surface area contributed by atoms with Crippen molar-refractivity contribution in [2.45, 2.75) is 25.2 Å². The topological polar surface area (TPSA) is 74.6 Å². The zero-order chi connectivity index (χ0) is 14.8. The number of hydrogen-bond acceptors (Lipinski definition) is 2. The average Bonchev–Trinajstić information content (AvgIpc) is 2.44. The Morgan fingerprint density at radius 1 is 1.05 bits per heavy atom. The van der Waals surface area contributed by atoms with Gasteiger partial charge in [-0.15, -0.1) is 0 Å². The Bertz CT molecular complexity index is 657. The third-order valence-electron chi connectivity index (χ3n) is 3.69. The SMILES string of the molecule is CC(CCC(=O)O)(C(=O)O)c1cccc2ccccc12. The second-order valence-corrected chi connectivity index (χ2v) is 5.06. The van der Waals surface area contributed by atoms with E-state index in [9.17, 15) is 14.7 Å². The lowest BCUT2D eigenvalue weighted by Gasteiger charge is -2.26. The van der Waals surface area contributed by atoms with Gasteiger partial charge in [0.1, 0.15) is 0 Å². The van der Waals surface area contributed by atoms with E-state index in [4.69, 9.17) is 5.11 Å². The smallest absolute Gasteiger partial charge is 0.313 e. The number of carboxylic acids is 2. The monoisotopic (exact) mass is 272 g/mol. The van der Waals surface area contributed by atoms with Crippen LogP contribution in [0.5, 0.6) is 0 Å². The molecule has 20 heavy (non-hydrogen) atoms. The minimum atomic E-state index is -1.21. The molecule has 0 fully saturated rings. The van der Waals surface area contributed by atoms with Crippen LogP contribution in [0.1, 0.15) is 25.3 Å². The first-order valence-electron chi connectivity index (χ1n) is 6.38. The lowest BCUT2D eigenvalue weighted by Crippen LogP contribution is -2.33. The molecule has 0 heterocycles. The maximum absolute atomic E-state index is 11.7. The number of carbonyl (C=O) groups is 2. The number of aliphatic carboxylic acids is 2. The number of carboxylic acid groups (broad SMARTS) is 2. The summed E-state index contributed by atoms with van der Waals surface area (Å²) in [5.41, 5.74) is -0.552. The van der Waals surface area contributed by atoms with Crippen molar-refractivity contribution < 1.29 is 19.8 Å². The zero-order valence-corrected chi connectivity index (χ0v) is 11.2. The molecule has 2 aromatic rings. The van der Waals surface area contributed by atoms with Gasteiger partial charge in [0.05, 0.1) is 5.41 Å². The van der Waals surface area contributed by atoms with Gasteiger partial charge >= 0.3 is 11.9 Å².